The van der Waals surface area contributed by atoms with Crippen molar-refractivity contribution >= 4 is 32.2 Å². The lowest BCUT2D eigenvalue weighted by Gasteiger charge is -2.12. The summed E-state index contributed by atoms with van der Waals surface area (Å²) < 4.78 is 78.4. The van der Waals surface area contributed by atoms with Crippen molar-refractivity contribution in [3.63, 3.8) is 0 Å². The molecule has 0 fully saturated rings. The Morgan fingerprint density at radius 2 is 1.07 bits per heavy atom. The number of benzene rings is 2. The summed E-state index contributed by atoms with van der Waals surface area (Å²) in [5.74, 6) is -3.83. The Hall–Kier alpha value is -3.00. The predicted octanol–water partition coefficient (Wildman–Crippen LogP) is 1.19. The summed E-state index contributed by atoms with van der Waals surface area (Å²) in [4.78, 5) is 23.3. The molecule has 2 aromatic rings. The van der Waals surface area contributed by atoms with Crippen molar-refractivity contribution in [2.24, 2.45) is 0 Å². The fraction of sp³-hybridized carbons (Fsp3) is 0.125. The second-order valence-electron chi connectivity index (χ2n) is 5.30. The summed E-state index contributed by atoms with van der Waals surface area (Å²) in [6.07, 6.45) is 0. The minimum Gasteiger partial charge on any atom is -0.494 e. The molecule has 13 heteroatoms. The van der Waals surface area contributed by atoms with Gasteiger partial charge in [0.05, 0.1) is 14.2 Å². The summed E-state index contributed by atoms with van der Waals surface area (Å²) in [6.45, 7) is 0. The van der Waals surface area contributed by atoms with Gasteiger partial charge in [0.15, 0.2) is 11.5 Å². The van der Waals surface area contributed by atoms with Crippen molar-refractivity contribution in [2.75, 3.05) is 14.2 Å². The van der Waals surface area contributed by atoms with E-state index in [1.54, 1.807) is 0 Å². The lowest BCUT2D eigenvalue weighted by atomic mass is 10.2. The van der Waals surface area contributed by atoms with E-state index < -0.39 is 64.6 Å². The summed E-state index contributed by atoms with van der Waals surface area (Å²) >= 11 is 0. The molecule has 0 heterocycles. The quantitative estimate of drug-likeness (QED) is 0.371. The summed E-state index contributed by atoms with van der Waals surface area (Å²) in [5, 5.41) is 0. The van der Waals surface area contributed by atoms with Crippen LogP contribution in [0.5, 0.6) is 11.5 Å². The second-order valence-corrected chi connectivity index (χ2v) is 8.08. The molecule has 2 aromatic carbocycles. The molecule has 11 nitrogen and oxygen atoms in total. The van der Waals surface area contributed by atoms with Gasteiger partial charge in [-0.3, -0.25) is 9.11 Å². The highest BCUT2D eigenvalue weighted by molar-refractivity contribution is 7.86. The molecule has 0 amide bonds. The van der Waals surface area contributed by atoms with E-state index in [4.69, 9.17) is 9.47 Å². The molecule has 0 aliphatic carbocycles. The third-order valence-corrected chi connectivity index (χ3v) is 5.30. The second kappa shape index (κ2) is 8.16. The topological polar surface area (TPSA) is 171 Å². The van der Waals surface area contributed by atoms with Crippen molar-refractivity contribution in [1.82, 2.24) is 0 Å². The van der Waals surface area contributed by atoms with E-state index >= 15 is 0 Å². The Morgan fingerprint density at radius 3 is 1.34 bits per heavy atom. The Morgan fingerprint density at radius 1 is 0.724 bits per heavy atom. The van der Waals surface area contributed by atoms with E-state index in [9.17, 15) is 35.5 Å². The van der Waals surface area contributed by atoms with Crippen LogP contribution in [0.15, 0.2) is 46.2 Å². The first-order valence-corrected chi connectivity index (χ1v) is 10.3. The van der Waals surface area contributed by atoms with Crippen molar-refractivity contribution in [3.05, 3.63) is 47.5 Å². The zero-order chi connectivity index (χ0) is 22.0. The van der Waals surface area contributed by atoms with Crippen LogP contribution < -0.4 is 9.47 Å². The smallest absolute Gasteiger partial charge is 0.349 e. The number of hydrogen-bond donors (Lipinski definition) is 2. The molecule has 0 bridgehead atoms. The maximum Gasteiger partial charge on any atom is 0.349 e. The summed E-state index contributed by atoms with van der Waals surface area (Å²) in [7, 11) is -7.44. The number of hydrogen-bond acceptors (Lipinski definition) is 9. The molecule has 0 aliphatic rings. The van der Waals surface area contributed by atoms with Gasteiger partial charge in [0.1, 0.15) is 20.9 Å². The molecule has 0 atom stereocenters. The molecule has 0 unspecified atom stereocenters. The van der Waals surface area contributed by atoms with Gasteiger partial charge in [-0.05, 0) is 24.3 Å². The fourth-order valence-corrected chi connectivity index (χ4v) is 3.73. The third kappa shape index (κ3) is 4.71. The first kappa shape index (κ1) is 22.3. The van der Waals surface area contributed by atoms with Gasteiger partial charge in [0.25, 0.3) is 20.2 Å². The molecule has 0 aliphatic heterocycles. The van der Waals surface area contributed by atoms with Gasteiger partial charge < -0.3 is 14.2 Å². The van der Waals surface area contributed by atoms with Crippen molar-refractivity contribution < 1.29 is 49.7 Å². The van der Waals surface area contributed by atoms with E-state index in [1.165, 1.54) is 0 Å². The van der Waals surface area contributed by atoms with Crippen LogP contribution in [0.25, 0.3) is 0 Å². The fourth-order valence-electron chi connectivity index (χ4n) is 2.37. The van der Waals surface area contributed by atoms with Gasteiger partial charge in [-0.25, -0.2) is 9.59 Å². The molecule has 0 aromatic heterocycles. The lowest BCUT2D eigenvalue weighted by Crippen LogP contribution is -2.16. The van der Waals surface area contributed by atoms with Crippen molar-refractivity contribution in [3.8, 4) is 11.5 Å². The molecular formula is C16H14O11S2. The third-order valence-electron chi connectivity index (χ3n) is 3.55. The SMILES string of the molecule is COc1c(C(=O)OC(=O)c2cccc(S(=O)(=O)O)c2OC)cccc1S(=O)(=O)O. The Labute approximate surface area is 165 Å². The highest BCUT2D eigenvalue weighted by atomic mass is 32.2. The summed E-state index contributed by atoms with van der Waals surface area (Å²) in [6, 6.07) is 6.29. The zero-order valence-electron chi connectivity index (χ0n) is 14.8. The van der Waals surface area contributed by atoms with Crippen LogP contribution >= 0.6 is 0 Å². The number of ether oxygens (including phenoxy) is 3. The van der Waals surface area contributed by atoms with E-state index in [0.29, 0.717) is 0 Å². The van der Waals surface area contributed by atoms with Crippen LogP contribution in [0.4, 0.5) is 0 Å². The number of methoxy groups -OCH3 is 2. The largest absolute Gasteiger partial charge is 0.494 e. The lowest BCUT2D eigenvalue weighted by molar-refractivity contribution is 0.0393. The maximum absolute atomic E-state index is 12.4. The molecule has 2 N–H and O–H groups in total. The van der Waals surface area contributed by atoms with Gasteiger partial charge in [0, 0.05) is 0 Å². The molecule has 0 saturated heterocycles. The van der Waals surface area contributed by atoms with Crippen LogP contribution in [-0.4, -0.2) is 52.1 Å². The minimum atomic E-state index is -4.75. The zero-order valence-corrected chi connectivity index (χ0v) is 16.5. The van der Waals surface area contributed by atoms with Crippen molar-refractivity contribution in [1.29, 1.82) is 0 Å². The van der Waals surface area contributed by atoms with Gasteiger partial charge >= 0.3 is 11.9 Å². The molecule has 29 heavy (non-hydrogen) atoms. The Balaban J connectivity index is 2.47. The minimum absolute atomic E-state index is 0.499. The highest BCUT2D eigenvalue weighted by Crippen LogP contribution is 2.31. The normalized spacial score (nSPS) is 11.6. The average Bonchev–Trinajstić information content (AvgIpc) is 2.64. The van der Waals surface area contributed by atoms with Crippen LogP contribution in [0, 0.1) is 0 Å². The number of carbonyl (C=O) groups is 2. The Bertz CT molecular complexity index is 1090. The predicted molar refractivity (Wildman–Crippen MR) is 95.4 cm³/mol. The molecular weight excluding hydrogens is 432 g/mol. The molecule has 0 radical (unpaired) electrons. The van der Waals surface area contributed by atoms with Gasteiger partial charge in [-0.15, -0.1) is 0 Å². The van der Waals surface area contributed by atoms with E-state index in [1.807, 2.05) is 0 Å². The maximum atomic E-state index is 12.4. The first-order valence-electron chi connectivity index (χ1n) is 7.47. The van der Waals surface area contributed by atoms with E-state index in [2.05, 4.69) is 4.74 Å². The number of esters is 2. The molecule has 2 rings (SSSR count). The number of para-hydroxylation sites is 2. The number of rotatable bonds is 6. The molecule has 156 valence electrons. The Kier molecular flexibility index (Phi) is 6.27. The van der Waals surface area contributed by atoms with E-state index in [0.717, 1.165) is 50.6 Å². The highest BCUT2D eigenvalue weighted by Gasteiger charge is 2.28. The number of carbonyl (C=O) groups excluding carboxylic acids is 2. The van der Waals surface area contributed by atoms with Gasteiger partial charge in [0.2, 0.25) is 0 Å². The van der Waals surface area contributed by atoms with Crippen LogP contribution in [0.2, 0.25) is 0 Å². The standard InChI is InChI=1S/C16H14O11S2/c1-25-13-9(5-3-7-11(13)28(19,20)21)15(17)27-16(18)10-6-4-8-12(14(10)26-2)29(22,23)24/h3-8H,1-2H3,(H,19,20,21)(H,22,23,24). The van der Waals surface area contributed by atoms with Crippen molar-refractivity contribution in [2.45, 2.75) is 9.79 Å². The van der Waals surface area contributed by atoms with Gasteiger partial charge in [-0.2, -0.15) is 16.8 Å². The van der Waals surface area contributed by atoms with Crippen LogP contribution in [0.3, 0.4) is 0 Å². The van der Waals surface area contributed by atoms with Crippen LogP contribution in [0.1, 0.15) is 20.7 Å². The molecule has 0 saturated carbocycles. The summed E-state index contributed by atoms with van der Waals surface area (Å²) in [5.41, 5.74) is -0.998. The van der Waals surface area contributed by atoms with E-state index in [-0.39, 0.29) is 0 Å². The average molecular weight is 446 g/mol. The first-order chi connectivity index (χ1) is 13.4. The van der Waals surface area contributed by atoms with Crippen LogP contribution in [-0.2, 0) is 25.0 Å². The monoisotopic (exact) mass is 446 g/mol. The van der Waals surface area contributed by atoms with Gasteiger partial charge in [-0.1, -0.05) is 12.1 Å². The molecule has 0 spiro atoms.